The first kappa shape index (κ1) is 36.5. The van der Waals surface area contributed by atoms with E-state index < -0.39 is 0 Å². The minimum atomic E-state index is -0.164. The molecule has 2 amide bonds. The Hall–Kier alpha value is -4.32. The predicted octanol–water partition coefficient (Wildman–Crippen LogP) is 5.04. The van der Waals surface area contributed by atoms with Crippen LogP contribution in [0.2, 0.25) is 0 Å². The summed E-state index contributed by atoms with van der Waals surface area (Å²) in [6.07, 6.45) is 4.66. The van der Waals surface area contributed by atoms with Crippen molar-refractivity contribution in [2.75, 3.05) is 51.8 Å². The van der Waals surface area contributed by atoms with Gasteiger partial charge in [0.2, 0.25) is 11.8 Å². The fourth-order valence-corrected chi connectivity index (χ4v) is 7.08. The number of fused-ring (bicyclic) bond motifs is 1. The van der Waals surface area contributed by atoms with Gasteiger partial charge in [0.05, 0.1) is 17.3 Å². The monoisotopic (exact) mass is 694 g/mol. The second-order valence-electron chi connectivity index (χ2n) is 14.0. The normalized spacial score (nSPS) is 16.0. The number of anilines is 1. The van der Waals surface area contributed by atoms with Gasteiger partial charge in [-0.15, -0.1) is 0 Å². The molecule has 2 aromatic carbocycles. The fourth-order valence-electron chi connectivity index (χ4n) is 7.08. The van der Waals surface area contributed by atoms with Crippen molar-refractivity contribution >= 4 is 28.5 Å². The van der Waals surface area contributed by atoms with Crippen LogP contribution in [0.4, 0.5) is 5.69 Å². The summed E-state index contributed by atoms with van der Waals surface area (Å²) in [5.74, 6) is -0.310. The van der Waals surface area contributed by atoms with Crippen molar-refractivity contribution in [3.8, 4) is 11.1 Å². The Labute approximate surface area is 302 Å². The molecule has 0 radical (unpaired) electrons. The number of hydrogen-bond donors (Lipinski definition) is 3. The first-order valence-electron chi connectivity index (χ1n) is 18.7. The zero-order valence-corrected chi connectivity index (χ0v) is 30.8. The number of aromatic nitrogens is 3. The van der Waals surface area contributed by atoms with Crippen molar-refractivity contribution in [3.05, 3.63) is 76.6 Å². The van der Waals surface area contributed by atoms with Gasteiger partial charge >= 0.3 is 0 Å². The molecular weight excluding hydrogens is 640 g/mol. The lowest BCUT2D eigenvalue weighted by Crippen LogP contribution is -2.43. The van der Waals surface area contributed by atoms with Crippen molar-refractivity contribution in [2.24, 2.45) is 0 Å². The molecular formula is C40H54N8O3. The third-order valence-corrected chi connectivity index (χ3v) is 10.2. The summed E-state index contributed by atoms with van der Waals surface area (Å²) < 4.78 is 7.50. The molecule has 0 bridgehead atoms. The lowest BCUT2D eigenvalue weighted by molar-refractivity contribution is -0.126. The summed E-state index contributed by atoms with van der Waals surface area (Å²) in [6.45, 7) is 14.5. The van der Waals surface area contributed by atoms with E-state index in [1.165, 1.54) is 22.3 Å². The molecule has 2 saturated heterocycles. The molecule has 0 saturated carbocycles. The number of rotatable bonds is 14. The predicted molar refractivity (Wildman–Crippen MR) is 202 cm³/mol. The Morgan fingerprint density at radius 3 is 2.39 bits per heavy atom. The summed E-state index contributed by atoms with van der Waals surface area (Å²) in [5, 5.41) is 15.4. The average Bonchev–Trinajstić information content (AvgIpc) is 3.57. The van der Waals surface area contributed by atoms with E-state index in [9.17, 15) is 9.59 Å². The van der Waals surface area contributed by atoms with Gasteiger partial charge in [-0.2, -0.15) is 5.10 Å². The molecule has 0 unspecified atom stereocenters. The van der Waals surface area contributed by atoms with Crippen LogP contribution in [0.25, 0.3) is 22.2 Å². The maximum absolute atomic E-state index is 13.0. The topological polar surface area (TPSA) is 117 Å². The summed E-state index contributed by atoms with van der Waals surface area (Å²) >= 11 is 0. The number of aryl methyl sites for hydroxylation is 3. The Bertz CT molecular complexity index is 1810. The number of nitrogens with zero attached hydrogens (tertiary/aromatic N) is 5. The van der Waals surface area contributed by atoms with Crippen molar-refractivity contribution in [1.82, 2.24) is 35.2 Å². The van der Waals surface area contributed by atoms with Gasteiger partial charge in [-0.25, -0.2) is 9.67 Å². The maximum Gasteiger partial charge on any atom is 0.220 e. The highest BCUT2D eigenvalue weighted by molar-refractivity contribution is 5.92. The molecule has 2 aliphatic heterocycles. The first-order valence-corrected chi connectivity index (χ1v) is 18.7. The third-order valence-electron chi connectivity index (χ3n) is 10.2. The highest BCUT2D eigenvalue weighted by Gasteiger charge is 2.22. The van der Waals surface area contributed by atoms with Gasteiger partial charge in [-0.1, -0.05) is 37.3 Å². The second kappa shape index (κ2) is 17.3. The van der Waals surface area contributed by atoms with Crippen molar-refractivity contribution < 1.29 is 14.3 Å². The highest BCUT2D eigenvalue weighted by Crippen LogP contribution is 2.31. The number of carbonyl (C=O) groups is 2. The molecule has 51 heavy (non-hydrogen) atoms. The Kier molecular flexibility index (Phi) is 12.3. The van der Waals surface area contributed by atoms with E-state index in [1.54, 1.807) is 0 Å². The fraction of sp³-hybridized carbons (Fsp3) is 0.500. The second-order valence-corrected chi connectivity index (χ2v) is 14.0. The van der Waals surface area contributed by atoms with E-state index in [1.807, 2.05) is 10.9 Å². The molecule has 0 spiro atoms. The molecule has 2 aromatic heterocycles. The van der Waals surface area contributed by atoms with E-state index in [0.29, 0.717) is 13.1 Å². The van der Waals surface area contributed by atoms with E-state index in [2.05, 4.69) is 101 Å². The van der Waals surface area contributed by atoms with Crippen LogP contribution in [-0.2, 0) is 46.9 Å². The van der Waals surface area contributed by atoms with Crippen LogP contribution in [0.3, 0.4) is 0 Å². The maximum atomic E-state index is 13.0. The van der Waals surface area contributed by atoms with E-state index in [4.69, 9.17) is 9.72 Å². The van der Waals surface area contributed by atoms with Crippen LogP contribution < -0.4 is 16.0 Å². The Morgan fingerprint density at radius 2 is 1.67 bits per heavy atom. The zero-order chi connectivity index (χ0) is 35.7. The molecule has 0 atom stereocenters. The number of likely N-dealkylation sites (N-methyl/N-ethyl adjacent to an activating group) is 1. The van der Waals surface area contributed by atoms with Crippen molar-refractivity contribution in [1.29, 1.82) is 0 Å². The largest absolute Gasteiger partial charge is 0.381 e. The van der Waals surface area contributed by atoms with Gasteiger partial charge in [0.25, 0.3) is 0 Å². The molecule has 0 aliphatic carbocycles. The number of benzene rings is 2. The van der Waals surface area contributed by atoms with E-state index in [0.717, 1.165) is 105 Å². The number of pyridine rings is 1. The quantitative estimate of drug-likeness (QED) is 0.168. The minimum Gasteiger partial charge on any atom is -0.381 e. The standard InChI is InChI=1S/C40H54N8O3/c1-5-36-34(39(44-32-14-20-51-21-15-32)35-26-43-48(6-2)40(35)45-36)25-42-38(50)13-12-37(49)41-24-29-11-10-28(3)33(23-29)31-9-7-8-30(22-31)27-47-18-16-46(4)17-19-47/h7-11,22-23,26,32H,5-6,12-21,24-25,27H2,1-4H3,(H,41,49)(H,42,50)(H,44,45). The van der Waals surface area contributed by atoms with Gasteiger partial charge in [0.1, 0.15) is 0 Å². The summed E-state index contributed by atoms with van der Waals surface area (Å²) in [7, 11) is 2.18. The molecule has 4 heterocycles. The molecule has 4 aromatic rings. The van der Waals surface area contributed by atoms with Gasteiger partial charge in [0, 0.05) is 95.7 Å². The molecule has 2 fully saturated rings. The average molecular weight is 695 g/mol. The van der Waals surface area contributed by atoms with Crippen LogP contribution >= 0.6 is 0 Å². The van der Waals surface area contributed by atoms with Crippen LogP contribution in [0.1, 0.15) is 67.5 Å². The van der Waals surface area contributed by atoms with Gasteiger partial charge < -0.3 is 25.6 Å². The zero-order valence-electron chi connectivity index (χ0n) is 30.8. The number of nitrogens with one attached hydrogen (secondary N) is 3. The Balaban J connectivity index is 1.03. The summed E-state index contributed by atoms with van der Waals surface area (Å²) in [4.78, 5) is 35.8. The van der Waals surface area contributed by atoms with Crippen molar-refractivity contribution in [2.45, 2.75) is 85.1 Å². The highest BCUT2D eigenvalue weighted by atomic mass is 16.5. The number of hydrogen-bond acceptors (Lipinski definition) is 8. The molecule has 2 aliphatic rings. The number of piperazine rings is 1. The Morgan fingerprint density at radius 1 is 0.922 bits per heavy atom. The van der Waals surface area contributed by atoms with Gasteiger partial charge in [0.15, 0.2) is 5.65 Å². The lowest BCUT2D eigenvalue weighted by Gasteiger charge is -2.32. The number of carbonyl (C=O) groups excluding carboxylic acids is 2. The van der Waals surface area contributed by atoms with E-state index >= 15 is 0 Å². The number of ether oxygens (including phenoxy) is 1. The van der Waals surface area contributed by atoms with Crippen molar-refractivity contribution in [3.63, 3.8) is 0 Å². The third kappa shape index (κ3) is 9.32. The van der Waals surface area contributed by atoms with E-state index in [-0.39, 0.29) is 30.7 Å². The summed E-state index contributed by atoms with van der Waals surface area (Å²) in [6, 6.07) is 15.4. The van der Waals surface area contributed by atoms with Crippen LogP contribution in [0.5, 0.6) is 0 Å². The molecule has 3 N–H and O–H groups in total. The van der Waals surface area contributed by atoms with Gasteiger partial charge in [-0.05, 0) is 80.1 Å². The number of amides is 2. The first-order chi connectivity index (χ1) is 24.8. The van der Waals surface area contributed by atoms with Crippen LogP contribution in [0, 0.1) is 6.92 Å². The smallest absolute Gasteiger partial charge is 0.220 e. The van der Waals surface area contributed by atoms with Crippen LogP contribution in [-0.4, -0.2) is 88.9 Å². The molecule has 11 nitrogen and oxygen atoms in total. The summed E-state index contributed by atoms with van der Waals surface area (Å²) in [5.41, 5.74) is 9.66. The minimum absolute atomic E-state index is 0.110. The van der Waals surface area contributed by atoms with Crippen LogP contribution in [0.15, 0.2) is 48.7 Å². The molecule has 272 valence electrons. The molecule has 11 heteroatoms. The SMILES string of the molecule is CCc1nc2c(cnn2CC)c(NC2CCOCC2)c1CNC(=O)CCC(=O)NCc1ccc(C)c(-c2cccc(CN3CCN(C)CC3)c2)c1. The molecule has 6 rings (SSSR count). The van der Waals surface area contributed by atoms with Gasteiger partial charge in [-0.3, -0.25) is 14.5 Å². The lowest BCUT2D eigenvalue weighted by atomic mass is 9.96.